The van der Waals surface area contributed by atoms with Crippen LogP contribution in [-0.2, 0) is 14.3 Å². The van der Waals surface area contributed by atoms with Crippen molar-refractivity contribution in [1.29, 1.82) is 0 Å². The highest BCUT2D eigenvalue weighted by atomic mass is 32.1. The molecule has 0 aliphatic heterocycles. The Hall–Kier alpha value is -0.550. The van der Waals surface area contributed by atoms with Crippen molar-refractivity contribution in [3.8, 4) is 0 Å². The van der Waals surface area contributed by atoms with Gasteiger partial charge in [-0.1, -0.05) is 77.6 Å². The SMILES string of the molecule is CCCCCCCCCCCCCCOC(=O)CC(O)C(=O)S. The summed E-state index contributed by atoms with van der Waals surface area (Å²) in [6.45, 7) is 2.61. The van der Waals surface area contributed by atoms with Crippen LogP contribution < -0.4 is 0 Å². The molecule has 0 radical (unpaired) electrons. The van der Waals surface area contributed by atoms with Crippen LogP contribution in [0.2, 0.25) is 0 Å². The highest BCUT2D eigenvalue weighted by molar-refractivity contribution is 7.96. The van der Waals surface area contributed by atoms with Crippen molar-refractivity contribution in [2.45, 2.75) is 96.5 Å². The molecule has 0 aliphatic carbocycles. The lowest BCUT2D eigenvalue weighted by Gasteiger charge is -2.07. The minimum absolute atomic E-state index is 0.305. The molecule has 0 saturated carbocycles. The lowest BCUT2D eigenvalue weighted by molar-refractivity contribution is -0.147. The molecule has 0 aromatic rings. The summed E-state index contributed by atoms with van der Waals surface area (Å²) in [5.74, 6) is -0.539. The molecule has 136 valence electrons. The molecule has 0 rings (SSSR count). The van der Waals surface area contributed by atoms with Crippen LogP contribution in [0.25, 0.3) is 0 Å². The van der Waals surface area contributed by atoms with Crippen molar-refractivity contribution in [1.82, 2.24) is 0 Å². The van der Waals surface area contributed by atoms with Gasteiger partial charge >= 0.3 is 5.97 Å². The first-order chi connectivity index (χ1) is 11.1. The molecular weight excluding hydrogens is 312 g/mol. The van der Waals surface area contributed by atoms with Gasteiger partial charge in [0.2, 0.25) is 5.12 Å². The quantitative estimate of drug-likeness (QED) is 0.246. The minimum atomic E-state index is -1.35. The molecule has 0 heterocycles. The molecule has 23 heavy (non-hydrogen) atoms. The second-order valence-corrected chi connectivity index (χ2v) is 6.61. The molecule has 0 aromatic heterocycles. The summed E-state index contributed by atoms with van der Waals surface area (Å²) in [5.41, 5.74) is 0. The highest BCUT2D eigenvalue weighted by Crippen LogP contribution is 2.12. The molecule has 1 unspecified atom stereocenters. The van der Waals surface area contributed by atoms with Crippen LogP contribution >= 0.6 is 12.6 Å². The fourth-order valence-electron chi connectivity index (χ4n) is 2.43. The van der Waals surface area contributed by atoms with Crippen LogP contribution in [-0.4, -0.2) is 28.9 Å². The molecule has 5 heteroatoms. The number of rotatable bonds is 16. The third-order valence-electron chi connectivity index (χ3n) is 3.91. The smallest absolute Gasteiger partial charge is 0.308 e. The average Bonchev–Trinajstić information content (AvgIpc) is 2.51. The molecule has 0 aliphatic rings. The number of carbonyl (C=O) groups excluding carboxylic acids is 2. The Balaban J connectivity index is 3.21. The first-order valence-corrected chi connectivity index (χ1v) is 9.59. The van der Waals surface area contributed by atoms with Crippen molar-refractivity contribution in [2.24, 2.45) is 0 Å². The van der Waals surface area contributed by atoms with E-state index in [1.165, 1.54) is 64.2 Å². The number of thiol groups is 1. The molecule has 0 amide bonds. The average molecular weight is 347 g/mol. The molecular formula is C18H34O4S. The second kappa shape index (κ2) is 16.3. The molecule has 0 fully saturated rings. The summed E-state index contributed by atoms with van der Waals surface area (Å²) in [7, 11) is 0. The van der Waals surface area contributed by atoms with Gasteiger partial charge in [-0.3, -0.25) is 9.59 Å². The Kier molecular flexibility index (Phi) is 15.9. The van der Waals surface area contributed by atoms with Gasteiger partial charge in [-0.15, -0.1) is 12.6 Å². The van der Waals surface area contributed by atoms with Gasteiger partial charge in [0.25, 0.3) is 0 Å². The van der Waals surface area contributed by atoms with E-state index in [4.69, 9.17) is 4.74 Å². The van der Waals surface area contributed by atoms with Crippen molar-refractivity contribution in [3.05, 3.63) is 0 Å². The minimum Gasteiger partial charge on any atom is -0.466 e. The zero-order valence-electron chi connectivity index (χ0n) is 14.6. The van der Waals surface area contributed by atoms with Crippen LogP contribution in [0.4, 0.5) is 0 Å². The maximum absolute atomic E-state index is 11.3. The van der Waals surface area contributed by atoms with Crippen molar-refractivity contribution in [2.75, 3.05) is 6.61 Å². The van der Waals surface area contributed by atoms with E-state index in [1.807, 2.05) is 0 Å². The maximum atomic E-state index is 11.3. The molecule has 1 atom stereocenters. The fraction of sp³-hybridized carbons (Fsp3) is 0.889. The predicted molar refractivity (Wildman–Crippen MR) is 96.7 cm³/mol. The molecule has 0 aromatic carbocycles. The Labute approximate surface area is 146 Å². The summed E-state index contributed by atoms with van der Waals surface area (Å²) < 4.78 is 4.97. The van der Waals surface area contributed by atoms with Gasteiger partial charge in [-0.2, -0.15) is 0 Å². The van der Waals surface area contributed by atoms with E-state index in [1.54, 1.807) is 0 Å². The number of hydrogen-bond donors (Lipinski definition) is 2. The number of hydrogen-bond acceptors (Lipinski definition) is 4. The molecule has 0 bridgehead atoms. The molecule has 0 spiro atoms. The van der Waals surface area contributed by atoms with Crippen molar-refractivity contribution < 1.29 is 19.4 Å². The third kappa shape index (κ3) is 16.1. The van der Waals surface area contributed by atoms with Gasteiger partial charge in [-0.25, -0.2) is 0 Å². The van der Waals surface area contributed by atoms with Crippen molar-refractivity contribution >= 4 is 23.7 Å². The standard InChI is InChI=1S/C18H34O4S/c1-2-3-4-5-6-7-8-9-10-11-12-13-14-22-17(20)15-16(19)18(21)23/h16,19H,2-15H2,1H3,(H,21,23). The summed E-state index contributed by atoms with van der Waals surface area (Å²) in [4.78, 5) is 22.0. The van der Waals surface area contributed by atoms with Crippen LogP contribution in [0, 0.1) is 0 Å². The lowest BCUT2D eigenvalue weighted by Crippen LogP contribution is -2.21. The zero-order chi connectivity index (χ0) is 17.3. The normalized spacial score (nSPS) is 12.1. The van der Waals surface area contributed by atoms with Crippen LogP contribution in [0.3, 0.4) is 0 Å². The van der Waals surface area contributed by atoms with Gasteiger partial charge in [0, 0.05) is 0 Å². The summed E-state index contributed by atoms with van der Waals surface area (Å²) in [6, 6.07) is 0. The monoisotopic (exact) mass is 346 g/mol. The van der Waals surface area contributed by atoms with Gasteiger partial charge in [0.15, 0.2) is 0 Å². The predicted octanol–water partition coefficient (Wildman–Crippen LogP) is 4.44. The van der Waals surface area contributed by atoms with Gasteiger partial charge in [0.05, 0.1) is 13.0 Å². The molecule has 0 saturated heterocycles. The highest BCUT2D eigenvalue weighted by Gasteiger charge is 2.16. The number of ether oxygens (including phenoxy) is 1. The Morgan fingerprint density at radius 3 is 1.74 bits per heavy atom. The Morgan fingerprint density at radius 1 is 0.870 bits per heavy atom. The number of esters is 1. The maximum Gasteiger partial charge on any atom is 0.308 e. The number of unbranched alkanes of at least 4 members (excludes halogenated alkanes) is 11. The zero-order valence-corrected chi connectivity index (χ0v) is 15.5. The number of carbonyl (C=O) groups is 2. The fourth-order valence-corrected chi connectivity index (χ4v) is 2.52. The second-order valence-electron chi connectivity index (χ2n) is 6.17. The Bertz CT molecular complexity index is 307. The van der Waals surface area contributed by atoms with Crippen LogP contribution in [0.5, 0.6) is 0 Å². The van der Waals surface area contributed by atoms with E-state index in [0.29, 0.717) is 6.61 Å². The summed E-state index contributed by atoms with van der Waals surface area (Å²) in [6.07, 6.45) is 13.4. The number of aliphatic hydroxyl groups excluding tert-OH is 1. The van der Waals surface area contributed by atoms with E-state index >= 15 is 0 Å². The molecule has 4 nitrogen and oxygen atoms in total. The topological polar surface area (TPSA) is 63.6 Å². The summed E-state index contributed by atoms with van der Waals surface area (Å²) >= 11 is 3.46. The largest absolute Gasteiger partial charge is 0.466 e. The van der Waals surface area contributed by atoms with E-state index in [2.05, 4.69) is 19.6 Å². The first-order valence-electron chi connectivity index (χ1n) is 9.14. The van der Waals surface area contributed by atoms with Gasteiger partial charge < -0.3 is 9.84 Å². The first kappa shape index (κ1) is 22.4. The van der Waals surface area contributed by atoms with E-state index in [9.17, 15) is 14.7 Å². The summed E-state index contributed by atoms with van der Waals surface area (Å²) in [5, 5.41) is 8.47. The Morgan fingerprint density at radius 2 is 1.30 bits per heavy atom. The van der Waals surface area contributed by atoms with E-state index < -0.39 is 17.2 Å². The number of aliphatic hydroxyl groups is 1. The van der Waals surface area contributed by atoms with Gasteiger partial charge in [-0.05, 0) is 6.42 Å². The molecule has 1 N–H and O–H groups in total. The lowest BCUT2D eigenvalue weighted by atomic mass is 10.1. The van der Waals surface area contributed by atoms with Crippen LogP contribution in [0.15, 0.2) is 0 Å². The van der Waals surface area contributed by atoms with E-state index in [0.717, 1.165) is 12.8 Å². The van der Waals surface area contributed by atoms with Crippen LogP contribution in [0.1, 0.15) is 90.4 Å². The third-order valence-corrected chi connectivity index (χ3v) is 4.20. The van der Waals surface area contributed by atoms with Crippen molar-refractivity contribution in [3.63, 3.8) is 0 Å². The van der Waals surface area contributed by atoms with E-state index in [-0.39, 0.29) is 6.42 Å². The van der Waals surface area contributed by atoms with Gasteiger partial charge in [0.1, 0.15) is 6.10 Å².